The fourth-order valence-electron chi connectivity index (χ4n) is 5.88. The summed E-state index contributed by atoms with van der Waals surface area (Å²) >= 11 is 0. The van der Waals surface area contributed by atoms with Crippen LogP contribution in [0.2, 0.25) is 0 Å². The van der Waals surface area contributed by atoms with Crippen molar-refractivity contribution in [3.8, 4) is 11.1 Å². The predicted molar refractivity (Wildman–Crippen MR) is 171 cm³/mol. The Kier molecular flexibility index (Phi) is 5.49. The zero-order valence-electron chi connectivity index (χ0n) is 22.3. The summed E-state index contributed by atoms with van der Waals surface area (Å²) in [6, 6.07) is 48.7. The first kappa shape index (κ1) is 23.4. The van der Waals surface area contributed by atoms with Crippen LogP contribution in [0.4, 0.5) is 0 Å². The summed E-state index contributed by atoms with van der Waals surface area (Å²) < 4.78 is 0. The first-order chi connectivity index (χ1) is 20.3. The molecule has 1 unspecified atom stereocenters. The molecule has 0 saturated heterocycles. The highest BCUT2D eigenvalue weighted by Crippen LogP contribution is 2.37. The maximum atomic E-state index is 5.08. The minimum Gasteiger partial charge on any atom is -0.354 e. The van der Waals surface area contributed by atoms with E-state index in [2.05, 4.69) is 113 Å². The van der Waals surface area contributed by atoms with E-state index in [4.69, 9.17) is 9.98 Å². The largest absolute Gasteiger partial charge is 0.354 e. The topological polar surface area (TPSA) is 52.5 Å². The highest BCUT2D eigenvalue weighted by atomic mass is 15.2. The van der Waals surface area contributed by atoms with E-state index >= 15 is 0 Å². The molecule has 0 spiro atoms. The average Bonchev–Trinajstić information content (AvgIpc) is 3.45. The molecule has 0 aliphatic carbocycles. The van der Waals surface area contributed by atoms with Gasteiger partial charge in [0.25, 0.3) is 0 Å². The van der Waals surface area contributed by atoms with E-state index in [1.54, 1.807) is 0 Å². The molecule has 194 valence electrons. The van der Waals surface area contributed by atoms with E-state index in [-0.39, 0.29) is 6.17 Å². The molecule has 7 aromatic rings. The van der Waals surface area contributed by atoms with Crippen LogP contribution in [0.3, 0.4) is 0 Å². The number of fused-ring (bicyclic) bond motifs is 5. The van der Waals surface area contributed by atoms with Gasteiger partial charge in [-0.25, -0.2) is 9.98 Å². The van der Waals surface area contributed by atoms with Gasteiger partial charge in [-0.2, -0.15) is 0 Å². The van der Waals surface area contributed by atoms with E-state index in [1.165, 1.54) is 32.6 Å². The Morgan fingerprint density at radius 3 is 2.05 bits per heavy atom. The van der Waals surface area contributed by atoms with Crippen LogP contribution in [0.1, 0.15) is 22.9 Å². The molecule has 4 nitrogen and oxygen atoms in total. The first-order valence-electron chi connectivity index (χ1n) is 13.9. The molecule has 0 fully saturated rings. The molecule has 2 N–H and O–H groups in total. The van der Waals surface area contributed by atoms with Crippen molar-refractivity contribution in [2.45, 2.75) is 6.17 Å². The van der Waals surface area contributed by atoms with E-state index < -0.39 is 0 Å². The summed E-state index contributed by atoms with van der Waals surface area (Å²) in [5.41, 5.74) is 7.77. The lowest BCUT2D eigenvalue weighted by Crippen LogP contribution is -2.36. The van der Waals surface area contributed by atoms with E-state index in [9.17, 15) is 0 Å². The van der Waals surface area contributed by atoms with Gasteiger partial charge in [0.2, 0.25) is 0 Å². The van der Waals surface area contributed by atoms with Gasteiger partial charge >= 0.3 is 0 Å². The molecule has 1 aromatic heterocycles. The second kappa shape index (κ2) is 9.61. The van der Waals surface area contributed by atoms with Gasteiger partial charge in [0.05, 0.1) is 5.52 Å². The number of hydrogen-bond donors (Lipinski definition) is 2. The maximum Gasteiger partial charge on any atom is 0.169 e. The summed E-state index contributed by atoms with van der Waals surface area (Å²) in [6.45, 7) is 0. The number of aromatic nitrogens is 1. The van der Waals surface area contributed by atoms with E-state index in [0.29, 0.717) is 0 Å². The molecule has 0 saturated carbocycles. The molecule has 4 heteroatoms. The van der Waals surface area contributed by atoms with Crippen molar-refractivity contribution in [3.63, 3.8) is 0 Å². The molecule has 0 radical (unpaired) electrons. The number of aromatic amines is 1. The van der Waals surface area contributed by atoms with Crippen LogP contribution < -0.4 is 5.32 Å². The minimum atomic E-state index is -0.323. The van der Waals surface area contributed by atoms with Gasteiger partial charge in [0, 0.05) is 32.8 Å². The molecule has 1 aliphatic heterocycles. The number of hydrogen-bond acceptors (Lipinski definition) is 3. The van der Waals surface area contributed by atoms with Crippen molar-refractivity contribution in [2.24, 2.45) is 9.98 Å². The summed E-state index contributed by atoms with van der Waals surface area (Å²) in [5.74, 6) is 1.63. The lowest BCUT2D eigenvalue weighted by atomic mass is 9.96. The number of aliphatic imine (C=N–C) groups is 2. The van der Waals surface area contributed by atoms with Crippen LogP contribution in [0.15, 0.2) is 150 Å². The minimum absolute atomic E-state index is 0.323. The highest BCUT2D eigenvalue weighted by molar-refractivity contribution is 6.21. The van der Waals surface area contributed by atoms with Crippen molar-refractivity contribution in [2.75, 3.05) is 0 Å². The molecule has 1 atom stereocenters. The second-order valence-corrected chi connectivity index (χ2v) is 10.4. The molecule has 0 bridgehead atoms. The van der Waals surface area contributed by atoms with E-state index in [0.717, 1.165) is 39.4 Å². The average molecular weight is 527 g/mol. The maximum absolute atomic E-state index is 5.08. The SMILES string of the molecule is c1ccc(C2=NC(c3ccccc3)N=C(c3cccc(-c4cccc5[nH]c6c7ccccc7ccc6c45)c3)N2)cc1. The Balaban J connectivity index is 1.26. The van der Waals surface area contributed by atoms with Crippen LogP contribution in [-0.4, -0.2) is 16.7 Å². The zero-order valence-corrected chi connectivity index (χ0v) is 22.3. The normalized spacial score (nSPS) is 15.1. The molecule has 8 rings (SSSR count). The molecule has 1 aliphatic rings. The molecular formula is C37H26N4. The molecule has 6 aromatic carbocycles. The molecular weight excluding hydrogens is 500 g/mol. The van der Waals surface area contributed by atoms with Gasteiger partial charge in [-0.1, -0.05) is 127 Å². The Hall–Kier alpha value is -5.48. The summed E-state index contributed by atoms with van der Waals surface area (Å²) in [5, 5.41) is 8.48. The number of nitrogens with one attached hydrogen (secondary N) is 2. The van der Waals surface area contributed by atoms with Gasteiger partial charge in [-0.3, -0.25) is 0 Å². The number of nitrogens with zero attached hydrogens (tertiary/aromatic N) is 2. The molecule has 0 amide bonds. The van der Waals surface area contributed by atoms with Crippen molar-refractivity contribution < 1.29 is 0 Å². The fourth-order valence-corrected chi connectivity index (χ4v) is 5.88. The van der Waals surface area contributed by atoms with Crippen molar-refractivity contribution in [1.29, 1.82) is 0 Å². The Morgan fingerprint density at radius 2 is 1.20 bits per heavy atom. The van der Waals surface area contributed by atoms with Crippen LogP contribution in [0, 0.1) is 0 Å². The third-order valence-corrected chi connectivity index (χ3v) is 7.85. The lowest BCUT2D eigenvalue weighted by molar-refractivity contribution is 0.756. The Labute approximate surface area is 237 Å². The number of rotatable bonds is 4. The monoisotopic (exact) mass is 526 g/mol. The summed E-state index contributed by atoms with van der Waals surface area (Å²) in [6.07, 6.45) is -0.323. The Bertz CT molecular complexity index is 2120. The highest BCUT2D eigenvalue weighted by Gasteiger charge is 2.21. The lowest BCUT2D eigenvalue weighted by Gasteiger charge is -2.22. The molecule has 2 heterocycles. The third kappa shape index (κ3) is 4.09. The van der Waals surface area contributed by atoms with Gasteiger partial charge in [-0.15, -0.1) is 0 Å². The van der Waals surface area contributed by atoms with Crippen molar-refractivity contribution in [1.82, 2.24) is 10.3 Å². The summed E-state index contributed by atoms with van der Waals surface area (Å²) in [7, 11) is 0. The van der Waals surface area contributed by atoms with Crippen LogP contribution in [-0.2, 0) is 0 Å². The quantitative estimate of drug-likeness (QED) is 0.237. The predicted octanol–water partition coefficient (Wildman–Crippen LogP) is 8.64. The zero-order chi connectivity index (χ0) is 27.2. The Morgan fingerprint density at radius 1 is 0.512 bits per heavy atom. The van der Waals surface area contributed by atoms with Crippen LogP contribution >= 0.6 is 0 Å². The van der Waals surface area contributed by atoms with Crippen molar-refractivity contribution in [3.05, 3.63) is 156 Å². The van der Waals surface area contributed by atoms with Crippen LogP contribution in [0.5, 0.6) is 0 Å². The first-order valence-corrected chi connectivity index (χ1v) is 13.9. The third-order valence-electron chi connectivity index (χ3n) is 7.85. The van der Waals surface area contributed by atoms with Gasteiger partial charge < -0.3 is 10.3 Å². The van der Waals surface area contributed by atoms with Gasteiger partial charge in [0.1, 0.15) is 11.7 Å². The van der Waals surface area contributed by atoms with Gasteiger partial charge in [-0.05, 0) is 34.2 Å². The van der Waals surface area contributed by atoms with E-state index in [1.807, 2.05) is 36.4 Å². The number of benzene rings is 6. The fraction of sp³-hybridized carbons (Fsp3) is 0.0270. The number of H-pyrrole nitrogens is 1. The summed E-state index contributed by atoms with van der Waals surface area (Å²) in [4.78, 5) is 13.8. The van der Waals surface area contributed by atoms with Crippen molar-refractivity contribution >= 4 is 44.2 Å². The smallest absolute Gasteiger partial charge is 0.169 e. The number of amidine groups is 2. The van der Waals surface area contributed by atoms with Gasteiger partial charge in [0.15, 0.2) is 6.17 Å². The second-order valence-electron chi connectivity index (χ2n) is 10.4. The van der Waals surface area contributed by atoms with Crippen LogP contribution in [0.25, 0.3) is 43.7 Å². The standard InChI is InChI=1S/C37H26N4/c1-3-12-25(13-4-1)35-39-36(26-14-5-2-6-15-26)41-37(40-35)28-17-9-16-27(23-28)29-19-10-20-32-33(29)31-22-21-24-11-7-8-18-30(24)34(31)38-32/h1-23,35,38H,(H,39,40,41). The molecule has 41 heavy (non-hydrogen) atoms.